The van der Waals surface area contributed by atoms with Gasteiger partial charge in [0.25, 0.3) is 0 Å². The van der Waals surface area contributed by atoms with Crippen molar-refractivity contribution in [2.24, 2.45) is 5.73 Å². The van der Waals surface area contributed by atoms with Crippen LogP contribution in [0.4, 0.5) is 5.69 Å². The van der Waals surface area contributed by atoms with Gasteiger partial charge < -0.3 is 15.8 Å². The lowest BCUT2D eigenvalue weighted by atomic mass is 10.2. The molecule has 0 spiro atoms. The molecule has 0 aliphatic rings. The van der Waals surface area contributed by atoms with E-state index in [-0.39, 0.29) is 5.91 Å². The zero-order chi connectivity index (χ0) is 14.6. The maximum absolute atomic E-state index is 11.7. The third kappa shape index (κ3) is 7.26. The van der Waals surface area contributed by atoms with Gasteiger partial charge in [-0.3, -0.25) is 4.79 Å². The molecule has 4 nitrogen and oxygen atoms in total. The van der Waals surface area contributed by atoms with Gasteiger partial charge in [0.1, 0.15) is 0 Å². The highest BCUT2D eigenvalue weighted by molar-refractivity contribution is 5.90. The first-order chi connectivity index (χ1) is 9.76. The molecule has 0 heterocycles. The molecule has 0 aliphatic heterocycles. The summed E-state index contributed by atoms with van der Waals surface area (Å²) in [5.41, 5.74) is 7.40. The van der Waals surface area contributed by atoms with E-state index in [0.717, 1.165) is 30.7 Å². The standard InChI is InChI=1S/C16H26N2O2/c1-2-3-4-11-20-12-5-6-16(19)18-15-9-7-14(13-17)8-10-15/h7-10H,2-6,11-13,17H2,1H3,(H,18,19). The Hall–Kier alpha value is -1.39. The number of anilines is 1. The van der Waals surface area contributed by atoms with Crippen LogP contribution >= 0.6 is 0 Å². The van der Waals surface area contributed by atoms with Crippen LogP contribution in [0.1, 0.15) is 44.6 Å². The number of hydrogen-bond acceptors (Lipinski definition) is 3. The van der Waals surface area contributed by atoms with Gasteiger partial charge in [-0.25, -0.2) is 0 Å². The van der Waals surface area contributed by atoms with Crippen LogP contribution < -0.4 is 11.1 Å². The van der Waals surface area contributed by atoms with Crippen molar-refractivity contribution in [2.45, 2.75) is 45.6 Å². The molecule has 1 amide bonds. The summed E-state index contributed by atoms with van der Waals surface area (Å²) in [4.78, 5) is 11.7. The number of unbranched alkanes of at least 4 members (excludes halogenated alkanes) is 2. The molecule has 20 heavy (non-hydrogen) atoms. The second kappa shape index (κ2) is 10.4. The summed E-state index contributed by atoms with van der Waals surface area (Å²) < 4.78 is 5.47. The van der Waals surface area contributed by atoms with Crippen LogP contribution in [0.3, 0.4) is 0 Å². The molecule has 0 radical (unpaired) electrons. The fourth-order valence-electron chi connectivity index (χ4n) is 1.84. The maximum atomic E-state index is 11.7. The quantitative estimate of drug-likeness (QED) is 0.646. The summed E-state index contributed by atoms with van der Waals surface area (Å²) in [6.45, 7) is 4.15. The van der Waals surface area contributed by atoms with Crippen LogP contribution in [0.5, 0.6) is 0 Å². The number of rotatable bonds is 10. The number of nitrogens with two attached hydrogens (primary N) is 1. The molecule has 0 saturated carbocycles. The van der Waals surface area contributed by atoms with Crippen molar-refractivity contribution >= 4 is 11.6 Å². The molecule has 0 aliphatic carbocycles. The Kier molecular flexibility index (Phi) is 8.67. The Balaban J connectivity index is 2.10. The van der Waals surface area contributed by atoms with E-state index in [9.17, 15) is 4.79 Å². The van der Waals surface area contributed by atoms with Gasteiger partial charge in [0.2, 0.25) is 5.91 Å². The molecule has 0 atom stereocenters. The lowest BCUT2D eigenvalue weighted by Gasteiger charge is -2.06. The first-order valence-corrected chi connectivity index (χ1v) is 7.43. The number of benzene rings is 1. The number of carbonyl (C=O) groups excluding carboxylic acids is 1. The van der Waals surface area contributed by atoms with Gasteiger partial charge in [-0.1, -0.05) is 31.9 Å². The minimum Gasteiger partial charge on any atom is -0.381 e. The molecule has 0 unspecified atom stereocenters. The fourth-order valence-corrected chi connectivity index (χ4v) is 1.84. The molecule has 1 aromatic carbocycles. The van der Waals surface area contributed by atoms with Gasteiger partial charge in [0.05, 0.1) is 0 Å². The van der Waals surface area contributed by atoms with E-state index >= 15 is 0 Å². The number of hydrogen-bond donors (Lipinski definition) is 2. The van der Waals surface area contributed by atoms with E-state index in [2.05, 4.69) is 12.2 Å². The van der Waals surface area contributed by atoms with Gasteiger partial charge in [-0.05, 0) is 30.5 Å². The molecular weight excluding hydrogens is 252 g/mol. The Morgan fingerprint density at radius 2 is 1.85 bits per heavy atom. The molecule has 3 N–H and O–H groups in total. The SMILES string of the molecule is CCCCCOCCCC(=O)Nc1ccc(CN)cc1. The van der Waals surface area contributed by atoms with Crippen LogP contribution in [0, 0.1) is 0 Å². The van der Waals surface area contributed by atoms with Crippen molar-refractivity contribution in [1.82, 2.24) is 0 Å². The molecule has 1 rings (SSSR count). The minimum absolute atomic E-state index is 0.0302. The van der Waals surface area contributed by atoms with Crippen LogP contribution in [-0.2, 0) is 16.1 Å². The molecule has 0 bridgehead atoms. The average Bonchev–Trinajstić information content (AvgIpc) is 2.47. The maximum Gasteiger partial charge on any atom is 0.224 e. The molecule has 0 aromatic heterocycles. The summed E-state index contributed by atoms with van der Waals surface area (Å²) in [5.74, 6) is 0.0302. The predicted molar refractivity (Wildman–Crippen MR) is 82.5 cm³/mol. The predicted octanol–water partition coefficient (Wildman–Crippen LogP) is 3.07. The summed E-state index contributed by atoms with van der Waals surface area (Å²) in [7, 11) is 0. The third-order valence-electron chi connectivity index (χ3n) is 3.06. The van der Waals surface area contributed by atoms with Crippen LogP contribution in [0.15, 0.2) is 24.3 Å². The van der Waals surface area contributed by atoms with Crippen molar-refractivity contribution < 1.29 is 9.53 Å². The third-order valence-corrected chi connectivity index (χ3v) is 3.06. The largest absolute Gasteiger partial charge is 0.381 e. The second-order valence-corrected chi connectivity index (χ2v) is 4.87. The molecule has 112 valence electrons. The zero-order valence-electron chi connectivity index (χ0n) is 12.4. The van der Waals surface area contributed by atoms with E-state index in [1.54, 1.807) is 0 Å². The summed E-state index contributed by atoms with van der Waals surface area (Å²) in [6.07, 6.45) is 4.77. The van der Waals surface area contributed by atoms with Crippen molar-refractivity contribution in [3.8, 4) is 0 Å². The highest BCUT2D eigenvalue weighted by Gasteiger charge is 2.02. The monoisotopic (exact) mass is 278 g/mol. The van der Waals surface area contributed by atoms with E-state index in [0.29, 0.717) is 19.6 Å². The normalized spacial score (nSPS) is 10.5. The first-order valence-electron chi connectivity index (χ1n) is 7.43. The number of amides is 1. The van der Waals surface area contributed by atoms with Crippen molar-refractivity contribution in [1.29, 1.82) is 0 Å². The topological polar surface area (TPSA) is 64.3 Å². The van der Waals surface area contributed by atoms with E-state index < -0.39 is 0 Å². The van der Waals surface area contributed by atoms with Crippen LogP contribution in [-0.4, -0.2) is 19.1 Å². The van der Waals surface area contributed by atoms with Gasteiger partial charge in [-0.15, -0.1) is 0 Å². The van der Waals surface area contributed by atoms with E-state index in [1.165, 1.54) is 12.8 Å². The fraction of sp³-hybridized carbons (Fsp3) is 0.562. The molecule has 0 saturated heterocycles. The molecule has 1 aromatic rings. The Morgan fingerprint density at radius 1 is 1.15 bits per heavy atom. The number of carbonyl (C=O) groups is 1. The molecule has 0 fully saturated rings. The van der Waals surface area contributed by atoms with Crippen LogP contribution in [0.25, 0.3) is 0 Å². The number of ether oxygens (including phenoxy) is 1. The Morgan fingerprint density at radius 3 is 2.50 bits per heavy atom. The van der Waals surface area contributed by atoms with Crippen molar-refractivity contribution in [3.05, 3.63) is 29.8 Å². The zero-order valence-corrected chi connectivity index (χ0v) is 12.4. The van der Waals surface area contributed by atoms with E-state index in [4.69, 9.17) is 10.5 Å². The lowest BCUT2D eigenvalue weighted by Crippen LogP contribution is -2.12. The summed E-state index contributed by atoms with van der Waals surface area (Å²) >= 11 is 0. The van der Waals surface area contributed by atoms with Gasteiger partial charge >= 0.3 is 0 Å². The van der Waals surface area contributed by atoms with Gasteiger partial charge in [0.15, 0.2) is 0 Å². The van der Waals surface area contributed by atoms with Crippen molar-refractivity contribution in [3.63, 3.8) is 0 Å². The van der Waals surface area contributed by atoms with Gasteiger partial charge in [-0.2, -0.15) is 0 Å². The average molecular weight is 278 g/mol. The van der Waals surface area contributed by atoms with Crippen molar-refractivity contribution in [2.75, 3.05) is 18.5 Å². The molecule has 4 heteroatoms. The first kappa shape index (κ1) is 16.7. The van der Waals surface area contributed by atoms with E-state index in [1.807, 2.05) is 24.3 Å². The van der Waals surface area contributed by atoms with Crippen LogP contribution in [0.2, 0.25) is 0 Å². The second-order valence-electron chi connectivity index (χ2n) is 4.87. The number of nitrogens with one attached hydrogen (secondary N) is 1. The Labute approximate surface area is 121 Å². The Bertz CT molecular complexity index is 377. The summed E-state index contributed by atoms with van der Waals surface area (Å²) in [5, 5.41) is 2.87. The lowest BCUT2D eigenvalue weighted by molar-refractivity contribution is -0.116. The summed E-state index contributed by atoms with van der Waals surface area (Å²) in [6, 6.07) is 7.60. The highest BCUT2D eigenvalue weighted by atomic mass is 16.5. The van der Waals surface area contributed by atoms with Gasteiger partial charge in [0, 0.05) is 31.9 Å². The minimum atomic E-state index is 0.0302. The smallest absolute Gasteiger partial charge is 0.224 e. The molecular formula is C16H26N2O2. The highest BCUT2D eigenvalue weighted by Crippen LogP contribution is 2.09.